The van der Waals surface area contributed by atoms with Crippen LogP contribution in [0.4, 0.5) is 8.78 Å². The number of halogens is 2. The second-order valence-corrected chi connectivity index (χ2v) is 6.27. The van der Waals surface area contributed by atoms with E-state index in [2.05, 4.69) is 16.5 Å². The molecule has 6 heteroatoms. The van der Waals surface area contributed by atoms with Crippen LogP contribution in [0.25, 0.3) is 16.9 Å². The Kier molecular flexibility index (Phi) is 4.23. The fourth-order valence-electron chi connectivity index (χ4n) is 3.33. The molecule has 0 amide bonds. The maximum absolute atomic E-state index is 13.7. The first-order valence-corrected chi connectivity index (χ1v) is 8.40. The molecule has 0 saturated carbocycles. The van der Waals surface area contributed by atoms with Gasteiger partial charge in [-0.3, -0.25) is 0 Å². The molecule has 0 atom stereocenters. The summed E-state index contributed by atoms with van der Waals surface area (Å²) in [5.74, 6) is -1.24. The smallest absolute Gasteiger partial charge is 0.126 e. The molecular weight excluding hydrogens is 334 g/mol. The minimum Gasteiger partial charge on any atom is -0.312 e. The molecule has 1 aromatic heterocycles. The molecule has 1 aliphatic heterocycles. The standard InChI is InChI=1S/C20H16F2N4/c21-15-9-14(10-16(22)11-15)20-18-12-24-8-6-19(18)26(25-20)17-3-1-13(2-4-17)5-7-23/h1-4,9-11,24H,5-6,8,12H2. The predicted molar refractivity (Wildman–Crippen MR) is 93.6 cm³/mol. The third kappa shape index (κ3) is 2.98. The van der Waals surface area contributed by atoms with Gasteiger partial charge in [0.1, 0.15) is 11.6 Å². The largest absolute Gasteiger partial charge is 0.312 e. The van der Waals surface area contributed by atoms with Gasteiger partial charge in [0.2, 0.25) is 0 Å². The zero-order chi connectivity index (χ0) is 18.1. The van der Waals surface area contributed by atoms with Gasteiger partial charge in [-0.25, -0.2) is 13.5 Å². The summed E-state index contributed by atoms with van der Waals surface area (Å²) in [6, 6.07) is 13.2. The number of fused-ring (bicyclic) bond motifs is 1. The number of hydrogen-bond donors (Lipinski definition) is 1. The van der Waals surface area contributed by atoms with E-state index in [9.17, 15) is 8.78 Å². The molecule has 0 spiro atoms. The molecule has 0 radical (unpaired) electrons. The van der Waals surface area contributed by atoms with E-state index in [-0.39, 0.29) is 0 Å². The third-order valence-corrected chi connectivity index (χ3v) is 4.53. The quantitative estimate of drug-likeness (QED) is 0.786. The first-order chi connectivity index (χ1) is 12.7. The van der Waals surface area contributed by atoms with Crippen molar-refractivity contribution in [2.45, 2.75) is 19.4 Å². The molecule has 2 aromatic carbocycles. The summed E-state index contributed by atoms with van der Waals surface area (Å²) < 4.78 is 29.2. The number of nitrogens with zero attached hydrogens (tertiary/aromatic N) is 3. The highest BCUT2D eigenvalue weighted by Gasteiger charge is 2.23. The van der Waals surface area contributed by atoms with E-state index in [4.69, 9.17) is 5.26 Å². The average Bonchev–Trinajstić information content (AvgIpc) is 3.02. The Balaban J connectivity index is 1.83. The van der Waals surface area contributed by atoms with Crippen LogP contribution in [0.2, 0.25) is 0 Å². The van der Waals surface area contributed by atoms with Crippen molar-refractivity contribution >= 4 is 0 Å². The maximum atomic E-state index is 13.7. The number of nitrogens with one attached hydrogen (secondary N) is 1. The SMILES string of the molecule is N#CCc1ccc(-n2nc(-c3cc(F)cc(F)c3)c3c2CCNC3)cc1. The van der Waals surface area contributed by atoms with Crippen molar-refractivity contribution in [3.05, 3.63) is 70.9 Å². The zero-order valence-corrected chi connectivity index (χ0v) is 14.0. The summed E-state index contributed by atoms with van der Waals surface area (Å²) in [6.07, 6.45) is 1.13. The fraction of sp³-hybridized carbons (Fsp3) is 0.200. The van der Waals surface area contributed by atoms with Gasteiger partial charge in [-0.1, -0.05) is 12.1 Å². The highest BCUT2D eigenvalue weighted by molar-refractivity contribution is 5.65. The molecular formula is C20H16F2N4. The monoisotopic (exact) mass is 350 g/mol. The number of aromatic nitrogens is 2. The van der Waals surface area contributed by atoms with E-state index in [0.29, 0.717) is 24.2 Å². The molecule has 130 valence electrons. The lowest BCUT2D eigenvalue weighted by atomic mass is 10.0. The van der Waals surface area contributed by atoms with E-state index in [0.717, 1.165) is 41.5 Å². The van der Waals surface area contributed by atoms with Crippen LogP contribution in [-0.2, 0) is 19.4 Å². The van der Waals surface area contributed by atoms with Crippen LogP contribution < -0.4 is 5.32 Å². The normalized spacial score (nSPS) is 13.3. The van der Waals surface area contributed by atoms with Gasteiger partial charge in [0.15, 0.2) is 0 Å². The molecule has 0 bridgehead atoms. The van der Waals surface area contributed by atoms with Crippen LogP contribution >= 0.6 is 0 Å². The summed E-state index contributed by atoms with van der Waals surface area (Å²) in [5, 5.41) is 16.8. The number of rotatable bonds is 3. The summed E-state index contributed by atoms with van der Waals surface area (Å²) in [5.41, 5.74) is 4.83. The van der Waals surface area contributed by atoms with Gasteiger partial charge in [-0.05, 0) is 29.8 Å². The van der Waals surface area contributed by atoms with Gasteiger partial charge >= 0.3 is 0 Å². The number of nitriles is 1. The van der Waals surface area contributed by atoms with Crippen molar-refractivity contribution in [3.63, 3.8) is 0 Å². The molecule has 3 aromatic rings. The number of benzene rings is 2. The van der Waals surface area contributed by atoms with Crippen LogP contribution in [0.3, 0.4) is 0 Å². The van der Waals surface area contributed by atoms with Crippen molar-refractivity contribution in [2.75, 3.05) is 6.54 Å². The minimum absolute atomic E-state index is 0.356. The molecule has 4 nitrogen and oxygen atoms in total. The molecule has 0 saturated heterocycles. The van der Waals surface area contributed by atoms with Gasteiger partial charge in [0, 0.05) is 36.7 Å². The van der Waals surface area contributed by atoms with Gasteiger partial charge < -0.3 is 5.32 Å². The molecule has 0 fully saturated rings. The lowest BCUT2D eigenvalue weighted by molar-refractivity contribution is 0.584. The lowest BCUT2D eigenvalue weighted by Crippen LogP contribution is -2.24. The Morgan fingerprint density at radius 3 is 2.54 bits per heavy atom. The van der Waals surface area contributed by atoms with E-state index < -0.39 is 11.6 Å². The highest BCUT2D eigenvalue weighted by Crippen LogP contribution is 2.30. The van der Waals surface area contributed by atoms with Gasteiger partial charge in [0.05, 0.1) is 29.6 Å². The summed E-state index contributed by atoms with van der Waals surface area (Å²) in [7, 11) is 0. The molecule has 26 heavy (non-hydrogen) atoms. The van der Waals surface area contributed by atoms with Gasteiger partial charge in [-0.2, -0.15) is 10.4 Å². The number of hydrogen-bond acceptors (Lipinski definition) is 3. The Labute approximate surface area is 149 Å². The van der Waals surface area contributed by atoms with E-state index in [1.54, 1.807) is 0 Å². The summed E-state index contributed by atoms with van der Waals surface area (Å²) >= 11 is 0. The van der Waals surface area contributed by atoms with E-state index in [1.165, 1.54) is 12.1 Å². The van der Waals surface area contributed by atoms with Crippen molar-refractivity contribution in [1.82, 2.24) is 15.1 Å². The molecule has 0 unspecified atom stereocenters. The van der Waals surface area contributed by atoms with Gasteiger partial charge in [-0.15, -0.1) is 0 Å². The van der Waals surface area contributed by atoms with Crippen molar-refractivity contribution < 1.29 is 8.78 Å². The van der Waals surface area contributed by atoms with Crippen LogP contribution in [0, 0.1) is 23.0 Å². The Morgan fingerprint density at radius 2 is 1.85 bits per heavy atom. The molecule has 1 N–H and O–H groups in total. The predicted octanol–water partition coefficient (Wildman–Crippen LogP) is 3.53. The van der Waals surface area contributed by atoms with E-state index >= 15 is 0 Å². The molecule has 1 aliphatic rings. The zero-order valence-electron chi connectivity index (χ0n) is 14.0. The van der Waals surface area contributed by atoms with Crippen molar-refractivity contribution in [2.24, 2.45) is 0 Å². The van der Waals surface area contributed by atoms with Crippen LogP contribution in [-0.4, -0.2) is 16.3 Å². The average molecular weight is 350 g/mol. The molecule has 4 rings (SSSR count). The second-order valence-electron chi connectivity index (χ2n) is 6.27. The van der Waals surface area contributed by atoms with Crippen LogP contribution in [0.5, 0.6) is 0 Å². The first-order valence-electron chi connectivity index (χ1n) is 8.40. The Bertz CT molecular complexity index is 980. The Morgan fingerprint density at radius 1 is 1.12 bits per heavy atom. The van der Waals surface area contributed by atoms with Crippen LogP contribution in [0.1, 0.15) is 16.8 Å². The highest BCUT2D eigenvalue weighted by atomic mass is 19.1. The third-order valence-electron chi connectivity index (χ3n) is 4.53. The van der Waals surface area contributed by atoms with Gasteiger partial charge in [0.25, 0.3) is 0 Å². The minimum atomic E-state index is -0.618. The maximum Gasteiger partial charge on any atom is 0.126 e. The summed E-state index contributed by atoms with van der Waals surface area (Å²) in [6.45, 7) is 1.43. The Hall–Kier alpha value is -3.04. The van der Waals surface area contributed by atoms with Crippen molar-refractivity contribution in [3.8, 4) is 23.0 Å². The fourth-order valence-corrected chi connectivity index (χ4v) is 3.33. The molecule has 0 aliphatic carbocycles. The van der Waals surface area contributed by atoms with Crippen LogP contribution in [0.15, 0.2) is 42.5 Å². The second kappa shape index (κ2) is 6.70. The topological polar surface area (TPSA) is 53.6 Å². The van der Waals surface area contributed by atoms with E-state index in [1.807, 2.05) is 28.9 Å². The summed E-state index contributed by atoms with van der Waals surface area (Å²) in [4.78, 5) is 0. The molecule has 2 heterocycles. The first kappa shape index (κ1) is 16.4. The lowest BCUT2D eigenvalue weighted by Gasteiger charge is -2.16. The van der Waals surface area contributed by atoms with Crippen molar-refractivity contribution in [1.29, 1.82) is 5.26 Å².